The van der Waals surface area contributed by atoms with E-state index in [1.807, 2.05) is 7.05 Å². The fraction of sp³-hybridized carbons (Fsp3) is 0.750. The van der Waals surface area contributed by atoms with E-state index in [0.29, 0.717) is 0 Å². The molecule has 0 fully saturated rings. The van der Waals surface area contributed by atoms with E-state index in [-0.39, 0.29) is 12.4 Å². The highest BCUT2D eigenvalue weighted by Crippen LogP contribution is 2.15. The molecule has 0 aliphatic heterocycles. The molecule has 0 amide bonds. The van der Waals surface area contributed by atoms with Gasteiger partial charge in [-0.3, -0.25) is 0 Å². The van der Waals surface area contributed by atoms with Crippen LogP contribution in [0.25, 0.3) is 0 Å². The summed E-state index contributed by atoms with van der Waals surface area (Å²) in [5.41, 5.74) is 1.60. The molecule has 1 aliphatic rings. The molecule has 0 saturated carbocycles. The standard InChI is InChI=1S/C8H15N.ClH/c1-9-7-8-5-3-2-4-6-8;/h5,9H,2-4,6-7H2,1H3;1H. The number of hydrogen-bond donors (Lipinski definition) is 1. The highest BCUT2D eigenvalue weighted by molar-refractivity contribution is 5.85. The van der Waals surface area contributed by atoms with Crippen LogP contribution in [0.2, 0.25) is 0 Å². The quantitative estimate of drug-likeness (QED) is 0.612. The van der Waals surface area contributed by atoms with Crippen molar-refractivity contribution in [2.45, 2.75) is 25.7 Å². The summed E-state index contributed by atoms with van der Waals surface area (Å²) in [5, 5.41) is 3.17. The molecule has 0 radical (unpaired) electrons. The van der Waals surface area contributed by atoms with Crippen molar-refractivity contribution < 1.29 is 0 Å². The van der Waals surface area contributed by atoms with Gasteiger partial charge in [0.15, 0.2) is 0 Å². The summed E-state index contributed by atoms with van der Waals surface area (Å²) in [6.07, 6.45) is 7.79. The molecule has 60 valence electrons. The minimum Gasteiger partial charge on any atom is -0.316 e. The van der Waals surface area contributed by atoms with Gasteiger partial charge >= 0.3 is 0 Å². The molecule has 1 N–H and O–H groups in total. The molecular weight excluding hydrogens is 146 g/mol. The van der Waals surface area contributed by atoms with Gasteiger partial charge < -0.3 is 5.32 Å². The van der Waals surface area contributed by atoms with E-state index >= 15 is 0 Å². The maximum atomic E-state index is 3.17. The van der Waals surface area contributed by atoms with Gasteiger partial charge in [0.1, 0.15) is 0 Å². The lowest BCUT2D eigenvalue weighted by molar-refractivity contribution is 0.673. The molecule has 0 spiro atoms. The molecule has 0 aromatic carbocycles. The summed E-state index contributed by atoms with van der Waals surface area (Å²) in [4.78, 5) is 0. The molecule has 0 heterocycles. The Balaban J connectivity index is 0.000000810. The van der Waals surface area contributed by atoms with Crippen LogP contribution in [-0.2, 0) is 0 Å². The van der Waals surface area contributed by atoms with Crippen LogP contribution in [0, 0.1) is 0 Å². The molecule has 10 heavy (non-hydrogen) atoms. The first-order valence-electron chi connectivity index (χ1n) is 3.76. The van der Waals surface area contributed by atoms with Crippen LogP contribution in [0.15, 0.2) is 11.6 Å². The van der Waals surface area contributed by atoms with Crippen molar-refractivity contribution in [2.75, 3.05) is 13.6 Å². The smallest absolute Gasteiger partial charge is 0.0161 e. The normalized spacial score (nSPS) is 17.5. The average Bonchev–Trinajstić information content (AvgIpc) is 1.91. The van der Waals surface area contributed by atoms with Gasteiger partial charge in [-0.1, -0.05) is 11.6 Å². The second kappa shape index (κ2) is 5.75. The highest BCUT2D eigenvalue weighted by Gasteiger charge is 2.00. The molecule has 0 aromatic rings. The third kappa shape index (κ3) is 3.23. The number of hydrogen-bond acceptors (Lipinski definition) is 1. The number of likely N-dealkylation sites (N-methyl/N-ethyl adjacent to an activating group) is 1. The lowest BCUT2D eigenvalue weighted by atomic mass is 10.00. The predicted octanol–water partition coefficient (Wildman–Crippen LogP) is 2.13. The molecule has 0 saturated heterocycles. The Morgan fingerprint density at radius 1 is 1.50 bits per heavy atom. The van der Waals surface area contributed by atoms with Crippen LogP contribution in [0.1, 0.15) is 25.7 Å². The fourth-order valence-corrected chi connectivity index (χ4v) is 1.29. The Kier molecular flexibility index (Phi) is 5.74. The van der Waals surface area contributed by atoms with Crippen LogP contribution >= 0.6 is 12.4 Å². The van der Waals surface area contributed by atoms with E-state index in [2.05, 4.69) is 11.4 Å². The van der Waals surface area contributed by atoms with Crippen LogP contribution in [0.4, 0.5) is 0 Å². The lowest BCUT2D eigenvalue weighted by Crippen LogP contribution is -2.11. The molecule has 1 rings (SSSR count). The predicted molar refractivity (Wildman–Crippen MR) is 47.7 cm³/mol. The molecule has 0 unspecified atom stereocenters. The zero-order valence-electron chi connectivity index (χ0n) is 6.52. The summed E-state index contributed by atoms with van der Waals surface area (Å²) in [7, 11) is 2.01. The lowest BCUT2D eigenvalue weighted by Gasteiger charge is -2.10. The van der Waals surface area contributed by atoms with E-state index in [1.54, 1.807) is 5.57 Å². The van der Waals surface area contributed by atoms with Crippen molar-refractivity contribution >= 4 is 12.4 Å². The first kappa shape index (κ1) is 9.99. The average molecular weight is 162 g/mol. The third-order valence-corrected chi connectivity index (χ3v) is 1.79. The van der Waals surface area contributed by atoms with Crippen molar-refractivity contribution in [3.63, 3.8) is 0 Å². The summed E-state index contributed by atoms with van der Waals surface area (Å²) in [5.74, 6) is 0. The van der Waals surface area contributed by atoms with Gasteiger partial charge in [0, 0.05) is 6.54 Å². The Labute approximate surface area is 69.3 Å². The molecule has 2 heteroatoms. The van der Waals surface area contributed by atoms with Crippen LogP contribution < -0.4 is 5.32 Å². The monoisotopic (exact) mass is 161 g/mol. The molecule has 0 bridgehead atoms. The van der Waals surface area contributed by atoms with Gasteiger partial charge in [-0.05, 0) is 32.7 Å². The van der Waals surface area contributed by atoms with Gasteiger partial charge in [0.2, 0.25) is 0 Å². The zero-order valence-corrected chi connectivity index (χ0v) is 7.34. The van der Waals surface area contributed by atoms with Gasteiger partial charge in [-0.25, -0.2) is 0 Å². The summed E-state index contributed by atoms with van der Waals surface area (Å²) in [6.45, 7) is 1.10. The highest BCUT2D eigenvalue weighted by atomic mass is 35.5. The van der Waals surface area contributed by atoms with E-state index in [4.69, 9.17) is 0 Å². The van der Waals surface area contributed by atoms with Gasteiger partial charge in [0.05, 0.1) is 0 Å². The largest absolute Gasteiger partial charge is 0.316 e. The second-order valence-electron chi connectivity index (χ2n) is 2.64. The molecule has 0 aromatic heterocycles. The van der Waals surface area contributed by atoms with Gasteiger partial charge in [-0.2, -0.15) is 0 Å². The number of halogens is 1. The van der Waals surface area contributed by atoms with E-state index in [0.717, 1.165) is 6.54 Å². The number of rotatable bonds is 2. The number of allylic oxidation sites excluding steroid dienone is 1. The van der Waals surface area contributed by atoms with Crippen molar-refractivity contribution in [3.05, 3.63) is 11.6 Å². The molecule has 0 atom stereocenters. The van der Waals surface area contributed by atoms with Crippen molar-refractivity contribution in [1.82, 2.24) is 5.32 Å². The fourth-order valence-electron chi connectivity index (χ4n) is 1.29. The Hall–Kier alpha value is -0.0100. The Morgan fingerprint density at radius 3 is 2.80 bits per heavy atom. The summed E-state index contributed by atoms with van der Waals surface area (Å²) >= 11 is 0. The first-order valence-corrected chi connectivity index (χ1v) is 3.76. The van der Waals surface area contributed by atoms with E-state index in [1.165, 1.54) is 25.7 Å². The maximum absolute atomic E-state index is 3.17. The second-order valence-corrected chi connectivity index (χ2v) is 2.64. The number of nitrogens with one attached hydrogen (secondary N) is 1. The summed E-state index contributed by atoms with van der Waals surface area (Å²) < 4.78 is 0. The van der Waals surface area contributed by atoms with Crippen molar-refractivity contribution in [1.29, 1.82) is 0 Å². The minimum atomic E-state index is 0. The van der Waals surface area contributed by atoms with Crippen molar-refractivity contribution in [3.8, 4) is 0 Å². The van der Waals surface area contributed by atoms with Crippen LogP contribution in [0.5, 0.6) is 0 Å². The molecule has 1 nitrogen and oxygen atoms in total. The first-order chi connectivity index (χ1) is 4.43. The Morgan fingerprint density at radius 2 is 2.30 bits per heavy atom. The molecule has 1 aliphatic carbocycles. The van der Waals surface area contributed by atoms with E-state index < -0.39 is 0 Å². The van der Waals surface area contributed by atoms with Crippen LogP contribution in [0.3, 0.4) is 0 Å². The Bertz CT molecular complexity index is 110. The topological polar surface area (TPSA) is 12.0 Å². The van der Waals surface area contributed by atoms with Gasteiger partial charge in [-0.15, -0.1) is 12.4 Å². The van der Waals surface area contributed by atoms with E-state index in [9.17, 15) is 0 Å². The van der Waals surface area contributed by atoms with Gasteiger partial charge in [0.25, 0.3) is 0 Å². The van der Waals surface area contributed by atoms with Crippen molar-refractivity contribution in [2.24, 2.45) is 0 Å². The SMILES string of the molecule is CNCC1=CCCCC1.Cl. The molecular formula is C8H16ClN. The minimum absolute atomic E-state index is 0. The van der Waals surface area contributed by atoms with Crippen LogP contribution in [-0.4, -0.2) is 13.6 Å². The summed E-state index contributed by atoms with van der Waals surface area (Å²) in [6, 6.07) is 0. The zero-order chi connectivity index (χ0) is 6.53. The maximum Gasteiger partial charge on any atom is 0.0161 e. The third-order valence-electron chi connectivity index (χ3n) is 1.79.